The highest BCUT2D eigenvalue weighted by atomic mass is 16.5. The van der Waals surface area contributed by atoms with Gasteiger partial charge in [-0.25, -0.2) is 0 Å². The lowest BCUT2D eigenvalue weighted by molar-refractivity contribution is -0.147. The topological polar surface area (TPSA) is 47.6 Å². The van der Waals surface area contributed by atoms with Gasteiger partial charge in [0.05, 0.1) is 6.10 Å². The third-order valence-electron chi connectivity index (χ3n) is 4.50. The van der Waals surface area contributed by atoms with E-state index in [9.17, 15) is 4.79 Å². The van der Waals surface area contributed by atoms with Gasteiger partial charge >= 0.3 is 0 Å². The molecule has 4 heteroatoms. The Balaban J connectivity index is 2.96. The predicted octanol–water partition coefficient (Wildman–Crippen LogP) is 6.06. The molecule has 4 nitrogen and oxygen atoms in total. The summed E-state index contributed by atoms with van der Waals surface area (Å²) >= 11 is 0. The molecule has 0 aromatic heterocycles. The Morgan fingerprint density at radius 1 is 1.00 bits per heavy atom. The average molecular weight is 378 g/mol. The Kier molecular flexibility index (Phi) is 9.86. The fourth-order valence-electron chi connectivity index (χ4n) is 3.25. The van der Waals surface area contributed by atoms with Gasteiger partial charge < -0.3 is 14.8 Å². The van der Waals surface area contributed by atoms with E-state index in [1.165, 1.54) is 0 Å². The van der Waals surface area contributed by atoms with E-state index in [2.05, 4.69) is 46.9 Å². The third-order valence-corrected chi connectivity index (χ3v) is 4.50. The molecule has 1 aromatic rings. The summed E-state index contributed by atoms with van der Waals surface area (Å²) in [5.41, 5.74) is -0.0157. The summed E-state index contributed by atoms with van der Waals surface area (Å²) in [6.45, 7) is 15.4. The minimum absolute atomic E-state index is 0.0473. The Labute approximate surface area is 166 Å². The van der Waals surface area contributed by atoms with Crippen molar-refractivity contribution in [1.29, 1.82) is 0 Å². The van der Waals surface area contributed by atoms with Crippen LogP contribution in [0.5, 0.6) is 5.75 Å². The lowest BCUT2D eigenvalue weighted by Gasteiger charge is -2.35. The number of carbonyl (C=O) groups excluding carboxylic acids is 1. The SMILES string of the molecule is CCCOC(CC(C)C)(CC(C)C)C(=O)Nc1ccc(O[C@@H](C)CC)cc1. The van der Waals surface area contributed by atoms with Crippen molar-refractivity contribution in [2.45, 2.75) is 85.9 Å². The van der Waals surface area contributed by atoms with Crippen LogP contribution in [0.3, 0.4) is 0 Å². The largest absolute Gasteiger partial charge is 0.491 e. The van der Waals surface area contributed by atoms with Crippen molar-refractivity contribution in [3.63, 3.8) is 0 Å². The second-order valence-electron chi connectivity index (χ2n) is 8.35. The minimum atomic E-state index is -0.787. The van der Waals surface area contributed by atoms with Gasteiger partial charge in [-0.1, -0.05) is 41.5 Å². The Morgan fingerprint density at radius 3 is 2.00 bits per heavy atom. The number of ether oxygens (including phenoxy) is 2. The number of amides is 1. The summed E-state index contributed by atoms with van der Waals surface area (Å²) in [4.78, 5) is 13.3. The standard InChI is InChI=1S/C23H39NO3/c1-8-14-26-23(15-17(3)4,16-18(5)6)22(25)24-20-10-12-21(13-11-20)27-19(7)9-2/h10-13,17-19H,8-9,14-16H2,1-7H3,(H,24,25)/t19-/m0/s1. The zero-order valence-electron chi connectivity index (χ0n) is 18.3. The first-order chi connectivity index (χ1) is 12.7. The van der Waals surface area contributed by atoms with Gasteiger partial charge in [0.15, 0.2) is 0 Å². The molecule has 0 radical (unpaired) electrons. The van der Waals surface area contributed by atoms with Crippen molar-refractivity contribution in [3.05, 3.63) is 24.3 Å². The third kappa shape index (κ3) is 7.92. The maximum Gasteiger partial charge on any atom is 0.256 e. The molecule has 154 valence electrons. The summed E-state index contributed by atoms with van der Waals surface area (Å²) < 4.78 is 12.0. The van der Waals surface area contributed by atoms with Crippen molar-refractivity contribution < 1.29 is 14.3 Å². The fraction of sp³-hybridized carbons (Fsp3) is 0.696. The van der Waals surface area contributed by atoms with Gasteiger partial charge in [0, 0.05) is 12.3 Å². The maximum absolute atomic E-state index is 13.3. The fourth-order valence-corrected chi connectivity index (χ4v) is 3.25. The number of hydrogen-bond acceptors (Lipinski definition) is 3. The molecule has 1 atom stereocenters. The van der Waals surface area contributed by atoms with E-state index >= 15 is 0 Å². The molecule has 0 saturated heterocycles. The van der Waals surface area contributed by atoms with Crippen LogP contribution in [0.2, 0.25) is 0 Å². The van der Waals surface area contributed by atoms with Gasteiger partial charge in [0.2, 0.25) is 0 Å². The molecule has 1 N–H and O–H groups in total. The molecule has 0 bridgehead atoms. The molecule has 1 rings (SSSR count). The molecule has 0 spiro atoms. The summed E-state index contributed by atoms with van der Waals surface area (Å²) in [5.74, 6) is 1.52. The van der Waals surface area contributed by atoms with Gasteiger partial charge in [-0.05, 0) is 68.7 Å². The van der Waals surface area contributed by atoms with Gasteiger partial charge in [-0.3, -0.25) is 4.79 Å². The molecule has 0 aliphatic carbocycles. The highest BCUT2D eigenvalue weighted by Gasteiger charge is 2.40. The summed E-state index contributed by atoms with van der Waals surface area (Å²) in [7, 11) is 0. The molecular formula is C23H39NO3. The van der Waals surface area contributed by atoms with E-state index in [1.54, 1.807) is 0 Å². The average Bonchev–Trinajstić information content (AvgIpc) is 2.60. The first-order valence-corrected chi connectivity index (χ1v) is 10.4. The molecule has 1 aromatic carbocycles. The number of hydrogen-bond donors (Lipinski definition) is 1. The zero-order chi connectivity index (χ0) is 20.4. The zero-order valence-corrected chi connectivity index (χ0v) is 18.3. The minimum Gasteiger partial charge on any atom is -0.491 e. The van der Waals surface area contributed by atoms with Crippen LogP contribution in [-0.4, -0.2) is 24.2 Å². The molecule has 0 heterocycles. The molecule has 0 aliphatic rings. The molecule has 0 fully saturated rings. The molecule has 0 saturated carbocycles. The lowest BCUT2D eigenvalue weighted by atomic mass is 9.83. The van der Waals surface area contributed by atoms with Gasteiger partial charge in [0.1, 0.15) is 11.4 Å². The summed E-state index contributed by atoms with van der Waals surface area (Å²) in [6.07, 6.45) is 3.46. The normalized spacial score (nSPS) is 13.1. The van der Waals surface area contributed by atoms with Crippen LogP contribution in [0.25, 0.3) is 0 Å². The summed E-state index contributed by atoms with van der Waals surface area (Å²) in [5, 5.41) is 3.08. The molecule has 0 aliphatic heterocycles. The highest BCUT2D eigenvalue weighted by Crippen LogP contribution is 2.31. The van der Waals surface area contributed by atoms with Crippen LogP contribution in [0.15, 0.2) is 24.3 Å². The number of carbonyl (C=O) groups is 1. The van der Waals surface area contributed by atoms with E-state index in [4.69, 9.17) is 9.47 Å². The van der Waals surface area contributed by atoms with Crippen LogP contribution in [-0.2, 0) is 9.53 Å². The van der Waals surface area contributed by atoms with Crippen molar-refractivity contribution in [2.24, 2.45) is 11.8 Å². The first-order valence-electron chi connectivity index (χ1n) is 10.4. The Morgan fingerprint density at radius 2 is 1.56 bits per heavy atom. The lowest BCUT2D eigenvalue weighted by Crippen LogP contribution is -2.47. The van der Waals surface area contributed by atoms with Crippen molar-refractivity contribution in [3.8, 4) is 5.75 Å². The van der Waals surface area contributed by atoms with Crippen LogP contribution in [0.4, 0.5) is 5.69 Å². The number of benzene rings is 1. The van der Waals surface area contributed by atoms with Gasteiger partial charge in [-0.15, -0.1) is 0 Å². The van der Waals surface area contributed by atoms with Crippen LogP contribution >= 0.6 is 0 Å². The predicted molar refractivity (Wildman–Crippen MR) is 113 cm³/mol. The summed E-state index contributed by atoms with van der Waals surface area (Å²) in [6, 6.07) is 7.60. The quantitative estimate of drug-likeness (QED) is 0.481. The van der Waals surface area contributed by atoms with E-state index in [0.29, 0.717) is 31.3 Å². The second kappa shape index (κ2) is 11.3. The van der Waals surface area contributed by atoms with Gasteiger partial charge in [-0.2, -0.15) is 0 Å². The van der Waals surface area contributed by atoms with Crippen molar-refractivity contribution in [1.82, 2.24) is 0 Å². The second-order valence-corrected chi connectivity index (χ2v) is 8.35. The van der Waals surface area contributed by atoms with Crippen LogP contribution in [0.1, 0.15) is 74.1 Å². The van der Waals surface area contributed by atoms with Crippen molar-refractivity contribution >= 4 is 11.6 Å². The number of nitrogens with one attached hydrogen (secondary N) is 1. The van der Waals surface area contributed by atoms with Crippen LogP contribution < -0.4 is 10.1 Å². The number of anilines is 1. The molecule has 1 amide bonds. The van der Waals surface area contributed by atoms with E-state index in [0.717, 1.165) is 24.3 Å². The van der Waals surface area contributed by atoms with E-state index in [1.807, 2.05) is 31.2 Å². The van der Waals surface area contributed by atoms with Crippen LogP contribution in [0, 0.1) is 11.8 Å². The molecule has 0 unspecified atom stereocenters. The molecule has 27 heavy (non-hydrogen) atoms. The van der Waals surface area contributed by atoms with E-state index in [-0.39, 0.29) is 12.0 Å². The van der Waals surface area contributed by atoms with Gasteiger partial charge in [0.25, 0.3) is 5.91 Å². The Hall–Kier alpha value is -1.55. The first kappa shape index (κ1) is 23.5. The number of rotatable bonds is 12. The highest BCUT2D eigenvalue weighted by molar-refractivity contribution is 5.97. The monoisotopic (exact) mass is 377 g/mol. The molecular weight excluding hydrogens is 338 g/mol. The van der Waals surface area contributed by atoms with Crippen molar-refractivity contribution in [2.75, 3.05) is 11.9 Å². The maximum atomic E-state index is 13.3. The smallest absolute Gasteiger partial charge is 0.256 e. The van der Waals surface area contributed by atoms with E-state index < -0.39 is 5.60 Å². The Bertz CT molecular complexity index is 541.